The molecule has 0 bridgehead atoms. The number of nitrogens with zero attached hydrogens (tertiary/aromatic N) is 4. The van der Waals surface area contributed by atoms with Crippen LogP contribution in [-0.4, -0.2) is 58.5 Å². The number of benzene rings is 2. The van der Waals surface area contributed by atoms with Crippen LogP contribution >= 0.6 is 0 Å². The standard InChI is InChI=1S/C29H31N5O2/c1-2-36-24-12-10-21(11-13-24)28-32-26-9-4-3-8-25(26)27(33-28)29(35)31-16-6-17-34-18-14-23(20-34)22-7-5-15-30-19-22/h3-5,7-13,15,19,23H,2,6,14,16-18,20H2,1H3,(H,31,35). The van der Waals surface area contributed by atoms with Crippen molar-refractivity contribution in [2.75, 3.05) is 32.8 Å². The van der Waals surface area contributed by atoms with Gasteiger partial charge in [0, 0.05) is 36.4 Å². The van der Waals surface area contributed by atoms with Gasteiger partial charge in [0.2, 0.25) is 0 Å². The Labute approximate surface area is 211 Å². The van der Waals surface area contributed by atoms with Crippen molar-refractivity contribution >= 4 is 16.8 Å². The Morgan fingerprint density at radius 3 is 2.75 bits per heavy atom. The second-order valence-electron chi connectivity index (χ2n) is 9.05. The number of pyridine rings is 1. The van der Waals surface area contributed by atoms with E-state index in [1.54, 1.807) is 0 Å². The number of ether oxygens (including phenoxy) is 1. The number of rotatable bonds is 9. The molecule has 1 unspecified atom stereocenters. The number of hydrogen-bond acceptors (Lipinski definition) is 6. The third-order valence-corrected chi connectivity index (χ3v) is 6.61. The molecule has 4 aromatic rings. The third kappa shape index (κ3) is 5.52. The van der Waals surface area contributed by atoms with Gasteiger partial charge >= 0.3 is 0 Å². The number of nitrogens with one attached hydrogen (secondary N) is 1. The van der Waals surface area contributed by atoms with Crippen molar-refractivity contribution in [1.29, 1.82) is 0 Å². The van der Waals surface area contributed by atoms with Gasteiger partial charge in [-0.1, -0.05) is 24.3 Å². The summed E-state index contributed by atoms with van der Waals surface area (Å²) in [6, 6.07) is 19.5. The molecule has 1 amide bonds. The molecule has 36 heavy (non-hydrogen) atoms. The number of fused-ring (bicyclic) bond motifs is 1. The molecule has 1 aliphatic rings. The summed E-state index contributed by atoms with van der Waals surface area (Å²) in [5, 5.41) is 3.83. The number of aromatic nitrogens is 3. The first-order valence-corrected chi connectivity index (χ1v) is 12.6. The molecule has 2 aromatic heterocycles. The van der Waals surface area contributed by atoms with E-state index in [2.05, 4.69) is 26.3 Å². The summed E-state index contributed by atoms with van der Waals surface area (Å²) in [7, 11) is 0. The van der Waals surface area contributed by atoms with Crippen LogP contribution in [0.15, 0.2) is 73.1 Å². The normalized spacial score (nSPS) is 15.8. The second-order valence-corrected chi connectivity index (χ2v) is 9.05. The van der Waals surface area contributed by atoms with E-state index in [4.69, 9.17) is 9.72 Å². The first kappa shape index (κ1) is 23.9. The van der Waals surface area contributed by atoms with Crippen LogP contribution in [0.3, 0.4) is 0 Å². The van der Waals surface area contributed by atoms with Crippen molar-refractivity contribution in [3.05, 3.63) is 84.3 Å². The molecule has 1 aliphatic heterocycles. The molecule has 3 heterocycles. The summed E-state index contributed by atoms with van der Waals surface area (Å²) in [6.45, 7) is 6.24. The SMILES string of the molecule is CCOc1ccc(-c2nc(C(=O)NCCCN3CCC(c4cccnc4)C3)c3ccccc3n2)cc1. The third-order valence-electron chi connectivity index (χ3n) is 6.61. The van der Waals surface area contributed by atoms with Crippen LogP contribution in [0, 0.1) is 0 Å². The fourth-order valence-corrected chi connectivity index (χ4v) is 4.76. The molecule has 0 saturated carbocycles. The van der Waals surface area contributed by atoms with Crippen molar-refractivity contribution in [2.45, 2.75) is 25.7 Å². The fraction of sp³-hybridized carbons (Fsp3) is 0.310. The Kier molecular flexibility index (Phi) is 7.47. The van der Waals surface area contributed by atoms with E-state index in [0.717, 1.165) is 54.7 Å². The lowest BCUT2D eigenvalue weighted by Gasteiger charge is -2.16. The Bertz CT molecular complexity index is 1310. The lowest BCUT2D eigenvalue weighted by molar-refractivity contribution is 0.0949. The summed E-state index contributed by atoms with van der Waals surface area (Å²) >= 11 is 0. The molecule has 7 heteroatoms. The zero-order valence-corrected chi connectivity index (χ0v) is 20.6. The topological polar surface area (TPSA) is 80.2 Å². The van der Waals surface area contributed by atoms with Gasteiger partial charge in [-0.2, -0.15) is 0 Å². The van der Waals surface area contributed by atoms with Gasteiger partial charge in [0.15, 0.2) is 5.82 Å². The average molecular weight is 482 g/mol. The van der Waals surface area contributed by atoms with E-state index in [9.17, 15) is 4.79 Å². The van der Waals surface area contributed by atoms with E-state index in [0.29, 0.717) is 30.6 Å². The fourth-order valence-electron chi connectivity index (χ4n) is 4.76. The quantitative estimate of drug-likeness (QED) is 0.349. The van der Waals surface area contributed by atoms with Gasteiger partial charge in [0.25, 0.3) is 5.91 Å². The molecule has 2 aromatic carbocycles. The van der Waals surface area contributed by atoms with Gasteiger partial charge in [-0.05, 0) is 80.7 Å². The van der Waals surface area contributed by atoms with Crippen LogP contribution in [0.5, 0.6) is 5.75 Å². The minimum Gasteiger partial charge on any atom is -0.494 e. The van der Waals surface area contributed by atoms with Crippen LogP contribution in [-0.2, 0) is 0 Å². The number of carbonyl (C=O) groups is 1. The minimum atomic E-state index is -0.171. The largest absolute Gasteiger partial charge is 0.494 e. The number of carbonyl (C=O) groups excluding carboxylic acids is 1. The Balaban J connectivity index is 1.22. The zero-order valence-electron chi connectivity index (χ0n) is 20.6. The highest BCUT2D eigenvalue weighted by molar-refractivity contribution is 6.04. The average Bonchev–Trinajstić information content (AvgIpc) is 3.40. The van der Waals surface area contributed by atoms with E-state index < -0.39 is 0 Å². The van der Waals surface area contributed by atoms with Gasteiger partial charge in [0.05, 0.1) is 12.1 Å². The maximum Gasteiger partial charge on any atom is 0.270 e. The summed E-state index contributed by atoms with van der Waals surface area (Å²) in [4.78, 5) is 29.3. The van der Waals surface area contributed by atoms with Gasteiger partial charge in [-0.3, -0.25) is 9.78 Å². The van der Waals surface area contributed by atoms with E-state index in [1.807, 2.05) is 73.9 Å². The van der Waals surface area contributed by atoms with E-state index in [1.165, 1.54) is 5.56 Å². The van der Waals surface area contributed by atoms with Crippen LogP contribution < -0.4 is 10.1 Å². The van der Waals surface area contributed by atoms with Crippen molar-refractivity contribution in [3.8, 4) is 17.1 Å². The van der Waals surface area contributed by atoms with Crippen LogP contribution in [0.1, 0.15) is 41.7 Å². The van der Waals surface area contributed by atoms with Crippen LogP contribution in [0.2, 0.25) is 0 Å². The predicted molar refractivity (Wildman–Crippen MR) is 141 cm³/mol. The van der Waals surface area contributed by atoms with Gasteiger partial charge < -0.3 is 15.0 Å². The highest BCUT2D eigenvalue weighted by Crippen LogP contribution is 2.26. The number of para-hydroxylation sites is 1. The summed E-state index contributed by atoms with van der Waals surface area (Å²) in [5.74, 6) is 1.70. The molecule has 0 radical (unpaired) electrons. The molecule has 0 aliphatic carbocycles. The van der Waals surface area contributed by atoms with Crippen LogP contribution in [0.4, 0.5) is 0 Å². The zero-order chi connectivity index (χ0) is 24.7. The second kappa shape index (κ2) is 11.3. The highest BCUT2D eigenvalue weighted by Gasteiger charge is 2.23. The van der Waals surface area contributed by atoms with Crippen molar-refractivity contribution < 1.29 is 9.53 Å². The molecule has 1 atom stereocenters. The summed E-state index contributed by atoms with van der Waals surface area (Å²) in [6.07, 6.45) is 5.84. The van der Waals surface area contributed by atoms with E-state index >= 15 is 0 Å². The Morgan fingerprint density at radius 2 is 1.94 bits per heavy atom. The molecule has 1 fully saturated rings. The molecule has 184 valence electrons. The highest BCUT2D eigenvalue weighted by atomic mass is 16.5. The van der Waals surface area contributed by atoms with Gasteiger partial charge in [-0.15, -0.1) is 0 Å². The summed E-state index contributed by atoms with van der Waals surface area (Å²) in [5.41, 5.74) is 3.31. The molecule has 0 spiro atoms. The van der Waals surface area contributed by atoms with E-state index in [-0.39, 0.29) is 5.91 Å². The van der Waals surface area contributed by atoms with Gasteiger partial charge in [0.1, 0.15) is 11.4 Å². The van der Waals surface area contributed by atoms with Crippen molar-refractivity contribution in [2.24, 2.45) is 0 Å². The number of amides is 1. The van der Waals surface area contributed by atoms with Crippen LogP contribution in [0.25, 0.3) is 22.3 Å². The number of likely N-dealkylation sites (tertiary alicyclic amines) is 1. The minimum absolute atomic E-state index is 0.171. The lowest BCUT2D eigenvalue weighted by Crippen LogP contribution is -2.29. The van der Waals surface area contributed by atoms with Crippen molar-refractivity contribution in [1.82, 2.24) is 25.2 Å². The first-order chi connectivity index (χ1) is 17.7. The Hall–Kier alpha value is -3.84. The number of hydrogen-bond donors (Lipinski definition) is 1. The molecule has 7 nitrogen and oxygen atoms in total. The lowest BCUT2D eigenvalue weighted by atomic mass is 10.0. The molecule has 1 N–H and O–H groups in total. The van der Waals surface area contributed by atoms with Gasteiger partial charge in [-0.25, -0.2) is 9.97 Å². The molecule has 1 saturated heterocycles. The molecule has 5 rings (SSSR count). The monoisotopic (exact) mass is 481 g/mol. The predicted octanol–water partition coefficient (Wildman–Crippen LogP) is 4.70. The smallest absolute Gasteiger partial charge is 0.270 e. The van der Waals surface area contributed by atoms with Crippen molar-refractivity contribution in [3.63, 3.8) is 0 Å². The first-order valence-electron chi connectivity index (χ1n) is 12.6. The molecular formula is C29H31N5O2. The maximum atomic E-state index is 13.2. The maximum absolute atomic E-state index is 13.2. The molecular weight excluding hydrogens is 450 g/mol. The summed E-state index contributed by atoms with van der Waals surface area (Å²) < 4.78 is 5.54. The Morgan fingerprint density at radius 1 is 1.08 bits per heavy atom.